The zero-order valence-corrected chi connectivity index (χ0v) is 17.6. The summed E-state index contributed by atoms with van der Waals surface area (Å²) in [7, 11) is 0. The Hall–Kier alpha value is -3.52. The number of nitrogens with one attached hydrogen (secondary N) is 1. The van der Waals surface area contributed by atoms with Gasteiger partial charge in [0.05, 0.1) is 24.0 Å². The lowest BCUT2D eigenvalue weighted by Gasteiger charge is -2.09. The number of hydrogen-bond donors (Lipinski definition) is 1. The molecule has 0 aliphatic rings. The molecular formula is C23H20FN3O3S. The molecule has 2 aromatic heterocycles. The number of thiophene rings is 1. The minimum Gasteiger partial charge on any atom is -0.494 e. The number of para-hydroxylation sites is 1. The number of aromatic nitrogens is 2. The number of carbonyl (C=O) groups excluding carboxylic acids is 1. The van der Waals surface area contributed by atoms with Gasteiger partial charge in [0.2, 0.25) is 5.91 Å². The molecular weight excluding hydrogens is 417 g/mol. The molecule has 0 saturated heterocycles. The third kappa shape index (κ3) is 4.49. The van der Waals surface area contributed by atoms with E-state index in [2.05, 4.69) is 10.3 Å². The van der Waals surface area contributed by atoms with Crippen LogP contribution in [0.15, 0.2) is 65.0 Å². The average molecular weight is 437 g/mol. The van der Waals surface area contributed by atoms with Crippen LogP contribution < -0.4 is 15.6 Å². The smallest absolute Gasteiger partial charge is 0.263 e. The highest BCUT2D eigenvalue weighted by Crippen LogP contribution is 2.31. The van der Waals surface area contributed by atoms with Gasteiger partial charge in [0.15, 0.2) is 0 Å². The number of benzene rings is 2. The average Bonchev–Trinajstić information content (AvgIpc) is 3.21. The Labute approximate surface area is 181 Å². The van der Waals surface area contributed by atoms with E-state index >= 15 is 0 Å². The van der Waals surface area contributed by atoms with Gasteiger partial charge in [-0.1, -0.05) is 31.2 Å². The quantitative estimate of drug-likeness (QED) is 0.455. The van der Waals surface area contributed by atoms with Crippen LogP contribution in [0.25, 0.3) is 21.3 Å². The summed E-state index contributed by atoms with van der Waals surface area (Å²) in [4.78, 5) is 30.4. The summed E-state index contributed by atoms with van der Waals surface area (Å²) in [6.45, 7) is 2.42. The fourth-order valence-electron chi connectivity index (χ4n) is 3.15. The van der Waals surface area contributed by atoms with Gasteiger partial charge in [0.1, 0.15) is 22.9 Å². The van der Waals surface area contributed by atoms with Crippen molar-refractivity contribution < 1.29 is 13.9 Å². The minimum atomic E-state index is -0.539. The van der Waals surface area contributed by atoms with Crippen LogP contribution in [0, 0.1) is 5.82 Å². The maximum absolute atomic E-state index is 13.8. The predicted molar refractivity (Wildman–Crippen MR) is 120 cm³/mol. The molecule has 4 aromatic rings. The molecule has 0 bridgehead atoms. The standard InChI is InChI=1S/C23H20FN3O3S/c1-2-11-30-16-9-7-15(8-10-16)17-13-31-22-21(17)23(29)27(14-25-22)12-20(28)26-19-6-4-3-5-18(19)24/h3-10,13-14H,2,11-12H2,1H3,(H,26,28). The summed E-state index contributed by atoms with van der Waals surface area (Å²) < 4.78 is 20.6. The molecule has 4 rings (SSSR count). The summed E-state index contributed by atoms with van der Waals surface area (Å²) in [6, 6.07) is 13.4. The van der Waals surface area contributed by atoms with Gasteiger partial charge in [0.25, 0.3) is 5.56 Å². The van der Waals surface area contributed by atoms with Gasteiger partial charge >= 0.3 is 0 Å². The van der Waals surface area contributed by atoms with Crippen LogP contribution in [-0.4, -0.2) is 22.1 Å². The van der Waals surface area contributed by atoms with E-state index in [1.165, 1.54) is 40.4 Å². The molecule has 31 heavy (non-hydrogen) atoms. The summed E-state index contributed by atoms with van der Waals surface area (Å²) in [5, 5.41) is 4.82. The van der Waals surface area contributed by atoms with Gasteiger partial charge in [0, 0.05) is 10.9 Å². The molecule has 0 unspecified atom stereocenters. The van der Waals surface area contributed by atoms with E-state index in [1.807, 2.05) is 36.6 Å². The van der Waals surface area contributed by atoms with E-state index in [9.17, 15) is 14.0 Å². The second kappa shape index (κ2) is 9.09. The first-order valence-electron chi connectivity index (χ1n) is 9.81. The van der Waals surface area contributed by atoms with Crippen molar-refractivity contribution in [2.24, 2.45) is 0 Å². The Morgan fingerprint density at radius 3 is 2.71 bits per heavy atom. The summed E-state index contributed by atoms with van der Waals surface area (Å²) >= 11 is 1.37. The fraction of sp³-hybridized carbons (Fsp3) is 0.174. The summed E-state index contributed by atoms with van der Waals surface area (Å²) in [6.07, 6.45) is 2.26. The molecule has 0 fully saturated rings. The Kier molecular flexibility index (Phi) is 6.08. The fourth-order valence-corrected chi connectivity index (χ4v) is 4.06. The zero-order chi connectivity index (χ0) is 21.8. The zero-order valence-electron chi connectivity index (χ0n) is 16.8. The molecule has 0 saturated carbocycles. The number of nitrogens with zero attached hydrogens (tertiary/aromatic N) is 2. The Bertz CT molecular complexity index is 1280. The number of ether oxygens (including phenoxy) is 1. The number of amides is 1. The molecule has 158 valence electrons. The molecule has 0 spiro atoms. The van der Waals surface area contributed by atoms with Gasteiger partial charge in [-0.05, 0) is 36.2 Å². The highest BCUT2D eigenvalue weighted by Gasteiger charge is 2.15. The maximum Gasteiger partial charge on any atom is 0.263 e. The van der Waals surface area contributed by atoms with E-state index in [4.69, 9.17) is 4.74 Å². The van der Waals surface area contributed by atoms with Gasteiger partial charge in [-0.2, -0.15) is 0 Å². The lowest BCUT2D eigenvalue weighted by atomic mass is 10.1. The molecule has 8 heteroatoms. The van der Waals surface area contributed by atoms with Gasteiger partial charge in [-0.3, -0.25) is 14.2 Å². The van der Waals surface area contributed by atoms with Gasteiger partial charge in [-0.15, -0.1) is 11.3 Å². The highest BCUT2D eigenvalue weighted by atomic mass is 32.1. The first-order chi connectivity index (χ1) is 15.1. The van der Waals surface area contributed by atoms with Crippen molar-refractivity contribution in [3.63, 3.8) is 0 Å². The van der Waals surface area contributed by atoms with Crippen LogP contribution in [0.2, 0.25) is 0 Å². The van der Waals surface area contributed by atoms with Crippen LogP contribution in [0.5, 0.6) is 5.75 Å². The third-order valence-electron chi connectivity index (χ3n) is 4.66. The molecule has 2 heterocycles. The number of carbonyl (C=O) groups is 1. The Balaban J connectivity index is 1.61. The predicted octanol–water partition coefficient (Wildman–Crippen LogP) is 4.69. The van der Waals surface area contributed by atoms with E-state index in [0.717, 1.165) is 23.3 Å². The van der Waals surface area contributed by atoms with Crippen LogP contribution in [0.3, 0.4) is 0 Å². The molecule has 0 atom stereocenters. The van der Waals surface area contributed by atoms with Crippen LogP contribution in [-0.2, 0) is 11.3 Å². The molecule has 0 aliphatic carbocycles. The SMILES string of the molecule is CCCOc1ccc(-c2csc3ncn(CC(=O)Nc4ccccc4F)c(=O)c23)cc1. The van der Waals surface area contributed by atoms with Crippen molar-refractivity contribution in [3.05, 3.63) is 76.4 Å². The molecule has 6 nitrogen and oxygen atoms in total. The number of halogens is 1. The van der Waals surface area contributed by atoms with Crippen LogP contribution >= 0.6 is 11.3 Å². The monoisotopic (exact) mass is 437 g/mol. The largest absolute Gasteiger partial charge is 0.494 e. The van der Waals surface area contributed by atoms with E-state index < -0.39 is 11.7 Å². The van der Waals surface area contributed by atoms with Crippen LogP contribution in [0.4, 0.5) is 10.1 Å². The summed E-state index contributed by atoms with van der Waals surface area (Å²) in [5.41, 5.74) is 1.36. The van der Waals surface area contributed by atoms with Crippen molar-refractivity contribution in [3.8, 4) is 16.9 Å². The molecule has 1 amide bonds. The molecule has 0 radical (unpaired) electrons. The number of hydrogen-bond acceptors (Lipinski definition) is 5. The van der Waals surface area contributed by atoms with Crippen LogP contribution in [0.1, 0.15) is 13.3 Å². The number of fused-ring (bicyclic) bond motifs is 1. The lowest BCUT2D eigenvalue weighted by molar-refractivity contribution is -0.116. The molecule has 1 N–H and O–H groups in total. The summed E-state index contributed by atoms with van der Waals surface area (Å²) in [5.74, 6) is -0.281. The van der Waals surface area contributed by atoms with Crippen molar-refractivity contribution in [1.29, 1.82) is 0 Å². The van der Waals surface area contributed by atoms with E-state index in [0.29, 0.717) is 16.8 Å². The first-order valence-corrected chi connectivity index (χ1v) is 10.7. The third-order valence-corrected chi connectivity index (χ3v) is 5.55. The number of anilines is 1. The Morgan fingerprint density at radius 1 is 1.19 bits per heavy atom. The van der Waals surface area contributed by atoms with E-state index in [1.54, 1.807) is 6.07 Å². The topological polar surface area (TPSA) is 73.2 Å². The van der Waals surface area contributed by atoms with E-state index in [-0.39, 0.29) is 17.8 Å². The van der Waals surface area contributed by atoms with Gasteiger partial charge in [-0.25, -0.2) is 9.37 Å². The lowest BCUT2D eigenvalue weighted by Crippen LogP contribution is -2.28. The normalized spacial score (nSPS) is 10.9. The minimum absolute atomic E-state index is 0.0659. The maximum atomic E-state index is 13.8. The number of rotatable bonds is 7. The van der Waals surface area contributed by atoms with Crippen molar-refractivity contribution in [1.82, 2.24) is 9.55 Å². The van der Waals surface area contributed by atoms with Crippen molar-refractivity contribution in [2.45, 2.75) is 19.9 Å². The first kappa shape index (κ1) is 20.7. The second-order valence-electron chi connectivity index (χ2n) is 6.91. The highest BCUT2D eigenvalue weighted by molar-refractivity contribution is 7.17. The van der Waals surface area contributed by atoms with Crippen molar-refractivity contribution in [2.75, 3.05) is 11.9 Å². The molecule has 2 aromatic carbocycles. The Morgan fingerprint density at radius 2 is 1.97 bits per heavy atom. The second-order valence-corrected chi connectivity index (χ2v) is 7.77. The van der Waals surface area contributed by atoms with Crippen molar-refractivity contribution >= 4 is 33.1 Å². The molecule has 0 aliphatic heterocycles. The van der Waals surface area contributed by atoms with Gasteiger partial charge < -0.3 is 10.1 Å².